The number of hydrazine groups is 1. The summed E-state index contributed by atoms with van der Waals surface area (Å²) in [6, 6.07) is 7.53. The van der Waals surface area contributed by atoms with Gasteiger partial charge in [-0.1, -0.05) is 23.2 Å². The molecule has 0 bridgehead atoms. The molecule has 0 atom stereocenters. The van der Waals surface area contributed by atoms with Crippen LogP contribution in [0.5, 0.6) is 0 Å². The Bertz CT molecular complexity index is 1380. The normalized spacial score (nSPS) is 10.5. The third-order valence-corrected chi connectivity index (χ3v) is 5.76. The first-order valence-electron chi connectivity index (χ1n) is 10.1. The van der Waals surface area contributed by atoms with Gasteiger partial charge in [-0.3, -0.25) is 14.4 Å². The standard InChI is InChI=1S/C22H19BrCl2N6O5/c1-11-8-13(24)9-14(21(34)29(3)31(12(2)32)22(35)36-4)18(11)27-20(33)16-10-17(23)28-30(16)19-15(25)6-5-7-26-19/h5-10H,1-4H3,(H,27,33). The first-order chi connectivity index (χ1) is 17.0. The summed E-state index contributed by atoms with van der Waals surface area (Å²) in [5.74, 6) is -2.00. The molecule has 188 valence electrons. The summed E-state index contributed by atoms with van der Waals surface area (Å²) >= 11 is 15.7. The number of ether oxygens (including phenoxy) is 1. The number of imide groups is 1. The smallest absolute Gasteiger partial charge is 0.435 e. The van der Waals surface area contributed by atoms with Crippen LogP contribution in [0.1, 0.15) is 33.3 Å². The van der Waals surface area contributed by atoms with Gasteiger partial charge >= 0.3 is 6.09 Å². The van der Waals surface area contributed by atoms with Gasteiger partial charge in [-0.25, -0.2) is 19.5 Å². The molecule has 0 aliphatic rings. The van der Waals surface area contributed by atoms with Crippen LogP contribution >= 0.6 is 39.1 Å². The van der Waals surface area contributed by atoms with E-state index in [1.54, 1.807) is 25.1 Å². The van der Waals surface area contributed by atoms with Crippen LogP contribution in [-0.4, -0.2) is 62.8 Å². The van der Waals surface area contributed by atoms with E-state index in [9.17, 15) is 19.2 Å². The Morgan fingerprint density at radius 3 is 2.47 bits per heavy atom. The van der Waals surface area contributed by atoms with Crippen molar-refractivity contribution in [3.8, 4) is 5.82 Å². The van der Waals surface area contributed by atoms with E-state index >= 15 is 0 Å². The van der Waals surface area contributed by atoms with E-state index in [0.29, 0.717) is 15.2 Å². The molecule has 0 saturated carbocycles. The lowest BCUT2D eigenvalue weighted by atomic mass is 10.1. The molecule has 4 amide bonds. The number of aryl methyl sites for hydroxylation is 1. The molecule has 0 aliphatic heterocycles. The molecule has 11 nitrogen and oxygen atoms in total. The average molecular weight is 598 g/mol. The van der Waals surface area contributed by atoms with Crippen molar-refractivity contribution in [2.24, 2.45) is 0 Å². The third kappa shape index (κ3) is 5.50. The summed E-state index contributed by atoms with van der Waals surface area (Å²) in [4.78, 5) is 55.0. The number of carbonyl (C=O) groups excluding carboxylic acids is 4. The van der Waals surface area contributed by atoms with E-state index in [4.69, 9.17) is 23.2 Å². The van der Waals surface area contributed by atoms with Gasteiger partial charge < -0.3 is 10.1 Å². The number of aromatic nitrogens is 3. The predicted octanol–water partition coefficient (Wildman–Crippen LogP) is 4.50. The molecule has 1 aromatic carbocycles. The van der Waals surface area contributed by atoms with E-state index in [2.05, 4.69) is 36.1 Å². The highest BCUT2D eigenvalue weighted by atomic mass is 79.9. The maximum Gasteiger partial charge on any atom is 0.435 e. The Balaban J connectivity index is 2.05. The minimum atomic E-state index is -1.07. The molecular formula is C22H19BrCl2N6O5. The lowest BCUT2D eigenvalue weighted by Gasteiger charge is -2.28. The second kappa shape index (κ2) is 11.1. The number of hydrogen-bond donors (Lipinski definition) is 1. The Morgan fingerprint density at radius 2 is 1.86 bits per heavy atom. The van der Waals surface area contributed by atoms with Gasteiger partial charge in [0, 0.05) is 31.3 Å². The van der Waals surface area contributed by atoms with Crippen molar-refractivity contribution >= 4 is 68.6 Å². The molecule has 14 heteroatoms. The number of amides is 4. The maximum absolute atomic E-state index is 13.4. The molecule has 0 radical (unpaired) electrons. The van der Waals surface area contributed by atoms with Gasteiger partial charge in [-0.2, -0.15) is 5.10 Å². The Morgan fingerprint density at radius 1 is 1.17 bits per heavy atom. The topological polar surface area (TPSA) is 127 Å². The molecule has 0 spiro atoms. The summed E-state index contributed by atoms with van der Waals surface area (Å²) in [5, 5.41) is 8.66. The van der Waals surface area contributed by atoms with E-state index in [0.717, 1.165) is 19.0 Å². The number of pyridine rings is 1. The van der Waals surface area contributed by atoms with Crippen LogP contribution in [0.25, 0.3) is 5.82 Å². The molecular weight excluding hydrogens is 579 g/mol. The fourth-order valence-electron chi connectivity index (χ4n) is 3.28. The molecule has 2 aromatic heterocycles. The van der Waals surface area contributed by atoms with Gasteiger partial charge in [0.05, 0.1) is 23.4 Å². The van der Waals surface area contributed by atoms with Crippen LogP contribution in [0.4, 0.5) is 10.5 Å². The second-order valence-corrected chi connectivity index (χ2v) is 8.96. The third-order valence-electron chi connectivity index (χ3n) is 4.86. The molecule has 0 saturated heterocycles. The largest absolute Gasteiger partial charge is 0.451 e. The first-order valence-corrected chi connectivity index (χ1v) is 11.7. The predicted molar refractivity (Wildman–Crippen MR) is 135 cm³/mol. The van der Waals surface area contributed by atoms with Crippen molar-refractivity contribution in [2.75, 3.05) is 19.5 Å². The van der Waals surface area contributed by atoms with Crippen LogP contribution in [-0.2, 0) is 9.53 Å². The highest BCUT2D eigenvalue weighted by Crippen LogP contribution is 2.29. The van der Waals surface area contributed by atoms with Gasteiger partial charge in [0.1, 0.15) is 10.3 Å². The zero-order valence-corrected chi connectivity index (χ0v) is 22.5. The van der Waals surface area contributed by atoms with Crippen molar-refractivity contribution in [3.63, 3.8) is 0 Å². The number of anilines is 1. The fraction of sp³-hybridized carbons (Fsp3) is 0.182. The number of methoxy groups -OCH3 is 1. The van der Waals surface area contributed by atoms with Gasteiger partial charge in [0.25, 0.3) is 11.8 Å². The minimum Gasteiger partial charge on any atom is -0.451 e. The number of halogens is 3. The van der Waals surface area contributed by atoms with Gasteiger partial charge in [0.15, 0.2) is 5.82 Å². The highest BCUT2D eigenvalue weighted by molar-refractivity contribution is 9.10. The number of nitrogens with zero attached hydrogens (tertiary/aromatic N) is 5. The molecule has 1 N–H and O–H groups in total. The maximum atomic E-state index is 13.4. The molecule has 0 fully saturated rings. The summed E-state index contributed by atoms with van der Waals surface area (Å²) in [7, 11) is 2.28. The molecule has 3 aromatic rings. The quantitative estimate of drug-likeness (QED) is 0.439. The summed E-state index contributed by atoms with van der Waals surface area (Å²) in [6.07, 6.45) is 0.431. The monoisotopic (exact) mass is 596 g/mol. The molecule has 3 rings (SSSR count). The molecule has 36 heavy (non-hydrogen) atoms. The van der Waals surface area contributed by atoms with Gasteiger partial charge in [0.2, 0.25) is 5.91 Å². The number of benzene rings is 1. The van der Waals surface area contributed by atoms with Crippen LogP contribution in [0, 0.1) is 6.92 Å². The Kier molecular flexibility index (Phi) is 8.33. The lowest BCUT2D eigenvalue weighted by Crippen LogP contribution is -2.50. The van der Waals surface area contributed by atoms with E-state index < -0.39 is 23.8 Å². The SMILES string of the molecule is COC(=O)N(C(C)=O)N(C)C(=O)c1cc(Cl)cc(C)c1NC(=O)c1cc(Br)nn1-c1ncccc1Cl. The average Bonchev–Trinajstić information content (AvgIpc) is 3.21. The van der Waals surface area contributed by atoms with Crippen molar-refractivity contribution < 1.29 is 23.9 Å². The summed E-state index contributed by atoms with van der Waals surface area (Å²) in [5.41, 5.74) is 0.530. The molecule has 0 aliphatic carbocycles. The first kappa shape index (κ1) is 27.1. The van der Waals surface area contributed by atoms with Gasteiger partial charge in [-0.15, -0.1) is 5.01 Å². The van der Waals surface area contributed by atoms with Crippen molar-refractivity contribution in [2.45, 2.75) is 13.8 Å². The fourth-order valence-corrected chi connectivity index (χ4v) is 4.13. The zero-order valence-electron chi connectivity index (χ0n) is 19.4. The zero-order chi connectivity index (χ0) is 26.7. The summed E-state index contributed by atoms with van der Waals surface area (Å²) in [6.45, 7) is 2.72. The highest BCUT2D eigenvalue weighted by Gasteiger charge is 2.31. The Hall–Kier alpha value is -3.48. The minimum absolute atomic E-state index is 0.0588. The number of hydrogen-bond acceptors (Lipinski definition) is 7. The number of carbonyl (C=O) groups is 4. The molecule has 0 unspecified atom stereocenters. The van der Waals surface area contributed by atoms with Crippen LogP contribution in [0.2, 0.25) is 10.0 Å². The van der Waals surface area contributed by atoms with Crippen molar-refractivity contribution in [1.29, 1.82) is 0 Å². The summed E-state index contributed by atoms with van der Waals surface area (Å²) < 4.78 is 6.18. The van der Waals surface area contributed by atoms with Crippen molar-refractivity contribution in [3.05, 3.63) is 68.0 Å². The second-order valence-electron chi connectivity index (χ2n) is 7.30. The van der Waals surface area contributed by atoms with Crippen LogP contribution in [0.15, 0.2) is 41.1 Å². The van der Waals surface area contributed by atoms with E-state index in [-0.39, 0.29) is 32.8 Å². The number of rotatable bonds is 4. The van der Waals surface area contributed by atoms with E-state index in [1.165, 1.54) is 30.1 Å². The van der Waals surface area contributed by atoms with E-state index in [1.807, 2.05) is 0 Å². The van der Waals surface area contributed by atoms with Crippen molar-refractivity contribution in [1.82, 2.24) is 24.8 Å². The van der Waals surface area contributed by atoms with Crippen LogP contribution in [0.3, 0.4) is 0 Å². The Labute approximate surface area is 224 Å². The number of nitrogens with one attached hydrogen (secondary N) is 1. The van der Waals surface area contributed by atoms with Gasteiger partial charge in [-0.05, 0) is 52.7 Å². The van der Waals surface area contributed by atoms with Crippen LogP contribution < -0.4 is 5.32 Å². The molecule has 2 heterocycles. The lowest BCUT2D eigenvalue weighted by molar-refractivity contribution is -0.136.